The summed E-state index contributed by atoms with van der Waals surface area (Å²) in [7, 11) is 7.61. The zero-order valence-corrected chi connectivity index (χ0v) is 13.5. The Morgan fingerprint density at radius 1 is 1.14 bits per heavy atom. The van der Waals surface area contributed by atoms with Crippen molar-refractivity contribution in [3.63, 3.8) is 0 Å². The van der Waals surface area contributed by atoms with E-state index < -0.39 is 0 Å². The lowest BCUT2D eigenvalue weighted by molar-refractivity contribution is 0.102. The van der Waals surface area contributed by atoms with Crippen molar-refractivity contribution in [2.75, 3.05) is 28.3 Å². The van der Waals surface area contributed by atoms with Gasteiger partial charge in [-0.3, -0.25) is 11.3 Å². The molecule has 1 fully saturated rings. The molecule has 1 aromatic rings. The van der Waals surface area contributed by atoms with Gasteiger partial charge < -0.3 is 14.4 Å². The fourth-order valence-electron chi connectivity index (χ4n) is 3.65. The molecule has 3 N–H and O–H groups in total. The molecule has 0 bridgehead atoms. The first-order valence-corrected chi connectivity index (χ1v) is 7.45. The van der Waals surface area contributed by atoms with Gasteiger partial charge in [-0.05, 0) is 39.1 Å². The fraction of sp³-hybridized carbons (Fsp3) is 0.625. The third-order valence-corrected chi connectivity index (χ3v) is 4.82. The van der Waals surface area contributed by atoms with Crippen molar-refractivity contribution >= 4 is 0 Å². The van der Waals surface area contributed by atoms with Crippen LogP contribution in [-0.2, 0) is 0 Å². The molecule has 5 heteroatoms. The zero-order valence-electron chi connectivity index (χ0n) is 13.5. The van der Waals surface area contributed by atoms with Crippen molar-refractivity contribution in [1.29, 1.82) is 0 Å². The van der Waals surface area contributed by atoms with Crippen LogP contribution in [0.2, 0.25) is 0 Å². The molecule has 118 valence electrons. The Morgan fingerprint density at radius 3 is 2.05 bits per heavy atom. The van der Waals surface area contributed by atoms with Gasteiger partial charge in [-0.1, -0.05) is 18.9 Å². The second kappa shape index (κ2) is 6.64. The van der Waals surface area contributed by atoms with Gasteiger partial charge in [-0.25, -0.2) is 0 Å². The molecule has 0 amide bonds. The number of nitrogens with two attached hydrogens (primary N) is 1. The fourth-order valence-corrected chi connectivity index (χ4v) is 3.65. The lowest BCUT2D eigenvalue weighted by Gasteiger charge is -2.43. The van der Waals surface area contributed by atoms with E-state index in [2.05, 4.69) is 24.4 Å². The maximum absolute atomic E-state index is 5.97. The molecule has 0 saturated heterocycles. The Bertz CT molecular complexity index is 448. The lowest BCUT2D eigenvalue weighted by Crippen LogP contribution is -2.53. The van der Waals surface area contributed by atoms with Crippen LogP contribution in [-0.4, -0.2) is 38.8 Å². The highest BCUT2D eigenvalue weighted by atomic mass is 16.5. The highest BCUT2D eigenvalue weighted by Gasteiger charge is 2.45. The average molecular weight is 293 g/mol. The minimum atomic E-state index is -0.0406. The van der Waals surface area contributed by atoms with E-state index >= 15 is 0 Å². The number of benzene rings is 1. The average Bonchev–Trinajstić information content (AvgIpc) is 2.99. The summed E-state index contributed by atoms with van der Waals surface area (Å²) in [5, 5.41) is 0. The molecule has 1 atom stereocenters. The molecule has 1 aliphatic carbocycles. The van der Waals surface area contributed by atoms with Crippen LogP contribution in [0, 0.1) is 0 Å². The number of hydrogen-bond donors (Lipinski definition) is 2. The number of rotatable bonds is 6. The highest BCUT2D eigenvalue weighted by Crippen LogP contribution is 2.47. The van der Waals surface area contributed by atoms with Crippen molar-refractivity contribution < 1.29 is 9.47 Å². The first-order chi connectivity index (χ1) is 10.1. The summed E-state index contributed by atoms with van der Waals surface area (Å²) in [6.07, 6.45) is 4.65. The Hall–Kier alpha value is -1.30. The normalized spacial score (nSPS) is 18.8. The predicted molar refractivity (Wildman–Crippen MR) is 84.5 cm³/mol. The molecule has 0 heterocycles. The Labute approximate surface area is 127 Å². The standard InChI is InChI=1S/C16H27N3O2/c1-19(2)16(10-5-6-11-16)15(18-17)14-12(20-3)8-7-9-13(14)21-4/h7-9,15,18H,5-6,10-11,17H2,1-4H3. The molecule has 5 nitrogen and oxygen atoms in total. The van der Waals surface area contributed by atoms with E-state index in [1.165, 1.54) is 12.8 Å². The van der Waals surface area contributed by atoms with Gasteiger partial charge in [0.2, 0.25) is 0 Å². The summed E-state index contributed by atoms with van der Waals surface area (Å²) < 4.78 is 11.1. The van der Waals surface area contributed by atoms with Crippen LogP contribution in [0.1, 0.15) is 37.3 Å². The molecule has 1 saturated carbocycles. The second-order valence-corrected chi connectivity index (χ2v) is 5.88. The Morgan fingerprint density at radius 2 is 1.67 bits per heavy atom. The highest BCUT2D eigenvalue weighted by molar-refractivity contribution is 5.48. The molecule has 0 radical (unpaired) electrons. The molecule has 0 spiro atoms. The molecule has 1 unspecified atom stereocenters. The number of hydrazine groups is 1. The number of ether oxygens (including phenoxy) is 2. The third-order valence-electron chi connectivity index (χ3n) is 4.82. The SMILES string of the molecule is COc1cccc(OC)c1C(NN)C1(N(C)C)CCCC1. The van der Waals surface area contributed by atoms with Gasteiger partial charge in [0, 0.05) is 5.54 Å². The molecule has 0 aromatic heterocycles. The van der Waals surface area contributed by atoms with E-state index in [1.54, 1.807) is 14.2 Å². The molecule has 0 aliphatic heterocycles. The summed E-state index contributed by atoms with van der Waals surface area (Å²) in [4.78, 5) is 2.29. The molecular formula is C16H27N3O2. The van der Waals surface area contributed by atoms with Gasteiger partial charge >= 0.3 is 0 Å². The summed E-state index contributed by atoms with van der Waals surface area (Å²) in [6.45, 7) is 0. The minimum Gasteiger partial charge on any atom is -0.496 e. The van der Waals surface area contributed by atoms with Crippen LogP contribution in [0.25, 0.3) is 0 Å². The van der Waals surface area contributed by atoms with Crippen LogP contribution >= 0.6 is 0 Å². The number of likely N-dealkylation sites (N-methyl/N-ethyl adjacent to an activating group) is 1. The number of hydrogen-bond acceptors (Lipinski definition) is 5. The first kappa shape index (κ1) is 16.1. The van der Waals surface area contributed by atoms with Gasteiger partial charge in [0.1, 0.15) is 11.5 Å². The van der Waals surface area contributed by atoms with Crippen molar-refractivity contribution in [2.24, 2.45) is 5.84 Å². The summed E-state index contributed by atoms with van der Waals surface area (Å²) in [5.74, 6) is 7.59. The largest absolute Gasteiger partial charge is 0.496 e. The van der Waals surface area contributed by atoms with E-state index in [9.17, 15) is 0 Å². The smallest absolute Gasteiger partial charge is 0.127 e. The lowest BCUT2D eigenvalue weighted by atomic mass is 9.82. The van der Waals surface area contributed by atoms with E-state index in [-0.39, 0.29) is 11.6 Å². The quantitative estimate of drug-likeness (QED) is 0.621. The molecular weight excluding hydrogens is 266 g/mol. The van der Waals surface area contributed by atoms with Gasteiger partial charge in [-0.2, -0.15) is 0 Å². The Balaban J connectivity index is 2.55. The van der Waals surface area contributed by atoms with Crippen molar-refractivity contribution in [1.82, 2.24) is 10.3 Å². The summed E-state index contributed by atoms with van der Waals surface area (Å²) >= 11 is 0. The first-order valence-electron chi connectivity index (χ1n) is 7.45. The van der Waals surface area contributed by atoms with Gasteiger partial charge in [0.05, 0.1) is 25.8 Å². The molecule has 2 rings (SSSR count). The van der Waals surface area contributed by atoms with E-state index in [1.807, 2.05) is 18.2 Å². The molecule has 1 aromatic carbocycles. The zero-order chi connectivity index (χ0) is 15.5. The van der Waals surface area contributed by atoms with Gasteiger partial charge in [0.25, 0.3) is 0 Å². The number of nitrogens with one attached hydrogen (secondary N) is 1. The van der Waals surface area contributed by atoms with E-state index in [0.717, 1.165) is 29.9 Å². The number of nitrogens with zero attached hydrogens (tertiary/aromatic N) is 1. The van der Waals surface area contributed by atoms with Crippen molar-refractivity contribution in [2.45, 2.75) is 37.3 Å². The van der Waals surface area contributed by atoms with Crippen LogP contribution in [0.5, 0.6) is 11.5 Å². The summed E-state index contributed by atoms with van der Waals surface area (Å²) in [5.41, 5.74) is 4.01. The van der Waals surface area contributed by atoms with Crippen LogP contribution in [0.4, 0.5) is 0 Å². The number of methoxy groups -OCH3 is 2. The third kappa shape index (κ3) is 2.73. The van der Waals surface area contributed by atoms with Gasteiger partial charge in [-0.15, -0.1) is 0 Å². The van der Waals surface area contributed by atoms with Crippen LogP contribution in [0.15, 0.2) is 18.2 Å². The monoisotopic (exact) mass is 293 g/mol. The molecule has 21 heavy (non-hydrogen) atoms. The molecule has 1 aliphatic rings. The maximum atomic E-state index is 5.97. The maximum Gasteiger partial charge on any atom is 0.127 e. The van der Waals surface area contributed by atoms with Gasteiger partial charge in [0.15, 0.2) is 0 Å². The van der Waals surface area contributed by atoms with Crippen LogP contribution < -0.4 is 20.7 Å². The topological polar surface area (TPSA) is 59.8 Å². The van der Waals surface area contributed by atoms with Crippen LogP contribution in [0.3, 0.4) is 0 Å². The van der Waals surface area contributed by atoms with E-state index in [0.29, 0.717) is 0 Å². The Kier molecular flexibility index (Phi) is 5.08. The summed E-state index contributed by atoms with van der Waals surface area (Å²) in [6, 6.07) is 5.81. The van der Waals surface area contributed by atoms with E-state index in [4.69, 9.17) is 15.3 Å². The predicted octanol–water partition coefficient (Wildman–Crippen LogP) is 2.08. The minimum absolute atomic E-state index is 0.0172. The van der Waals surface area contributed by atoms with Crippen molar-refractivity contribution in [3.05, 3.63) is 23.8 Å². The van der Waals surface area contributed by atoms with Crippen molar-refractivity contribution in [3.8, 4) is 11.5 Å². The second-order valence-electron chi connectivity index (χ2n) is 5.88.